The van der Waals surface area contributed by atoms with Crippen molar-refractivity contribution in [2.45, 2.75) is 20.3 Å². The number of ether oxygens (including phenoxy) is 2. The summed E-state index contributed by atoms with van der Waals surface area (Å²) in [5.41, 5.74) is 1.88. The van der Waals surface area contributed by atoms with E-state index >= 15 is 0 Å². The topological polar surface area (TPSA) is 51.1 Å². The first-order chi connectivity index (χ1) is 12.0. The minimum atomic E-state index is -0.0530. The van der Waals surface area contributed by atoms with Gasteiger partial charge in [0.25, 0.3) is 5.91 Å². The number of rotatable bonds is 7. The van der Waals surface area contributed by atoms with Gasteiger partial charge in [0.05, 0.1) is 18.1 Å². The van der Waals surface area contributed by atoms with Crippen LogP contribution >= 0.6 is 11.8 Å². The van der Waals surface area contributed by atoms with Crippen LogP contribution in [0.5, 0.6) is 11.5 Å². The first kappa shape index (κ1) is 19.1. The van der Waals surface area contributed by atoms with Crippen LogP contribution in [0.4, 0.5) is 0 Å². The molecule has 1 aliphatic heterocycles. The van der Waals surface area contributed by atoms with Gasteiger partial charge in [-0.2, -0.15) is 0 Å². The molecule has 1 aliphatic rings. The van der Waals surface area contributed by atoms with Crippen LogP contribution in [0.2, 0.25) is 0 Å². The van der Waals surface area contributed by atoms with Crippen molar-refractivity contribution in [1.82, 2.24) is 4.90 Å². The van der Waals surface area contributed by atoms with E-state index in [1.807, 2.05) is 38.1 Å². The van der Waals surface area contributed by atoms with E-state index in [0.29, 0.717) is 35.5 Å². The second kappa shape index (κ2) is 8.76. The number of likely N-dealkylation sites (N-methyl/N-ethyl adjacent to an activating group) is 1. The molecule has 1 amide bonds. The maximum absolute atomic E-state index is 12.4. The summed E-state index contributed by atoms with van der Waals surface area (Å²) in [7, 11) is 3.41. The van der Waals surface area contributed by atoms with Gasteiger partial charge in [-0.15, -0.1) is 6.58 Å². The summed E-state index contributed by atoms with van der Waals surface area (Å²) in [5, 5.41) is 0.693. The van der Waals surface area contributed by atoms with Gasteiger partial charge in [-0.1, -0.05) is 6.08 Å². The van der Waals surface area contributed by atoms with Gasteiger partial charge in [0, 0.05) is 19.7 Å². The Labute approximate surface area is 153 Å². The summed E-state index contributed by atoms with van der Waals surface area (Å²) in [6.45, 7) is 8.79. The summed E-state index contributed by atoms with van der Waals surface area (Å²) < 4.78 is 11.5. The maximum Gasteiger partial charge on any atom is 0.266 e. The molecule has 0 saturated carbocycles. The average Bonchev–Trinajstić information content (AvgIpc) is 2.86. The SMILES string of the molecule is C=CCc1cc(/C=C2\SC(=NC)N(C)C2=O)cc(OCC)c1OCC. The molecular weight excluding hydrogens is 336 g/mol. The van der Waals surface area contributed by atoms with E-state index in [9.17, 15) is 4.79 Å². The molecule has 2 rings (SSSR count). The lowest BCUT2D eigenvalue weighted by Crippen LogP contribution is -2.23. The van der Waals surface area contributed by atoms with Gasteiger partial charge in [-0.25, -0.2) is 0 Å². The molecule has 0 radical (unpaired) electrons. The Balaban J connectivity index is 2.49. The lowest BCUT2D eigenvalue weighted by Gasteiger charge is -2.16. The Morgan fingerprint density at radius 1 is 1.28 bits per heavy atom. The molecule has 1 saturated heterocycles. The Kier molecular flexibility index (Phi) is 6.70. The number of benzene rings is 1. The zero-order valence-corrected chi connectivity index (χ0v) is 16.0. The molecule has 0 unspecified atom stereocenters. The van der Waals surface area contributed by atoms with Crippen molar-refractivity contribution in [1.29, 1.82) is 0 Å². The standard InChI is InChI=1S/C19H24N2O3S/c1-6-9-14-10-13(11-15(23-7-2)17(14)24-8-3)12-16-18(22)21(5)19(20-4)25-16/h6,10-12H,1,7-9H2,2-5H3/b16-12-,20-19?. The normalized spacial score (nSPS) is 17.4. The van der Waals surface area contributed by atoms with Crippen LogP contribution in [0, 0.1) is 0 Å². The summed E-state index contributed by atoms with van der Waals surface area (Å²) in [5.74, 6) is 1.37. The van der Waals surface area contributed by atoms with Crippen LogP contribution in [0.1, 0.15) is 25.0 Å². The first-order valence-electron chi connectivity index (χ1n) is 8.23. The second-order valence-electron chi connectivity index (χ2n) is 5.35. The van der Waals surface area contributed by atoms with Gasteiger partial charge < -0.3 is 9.47 Å². The van der Waals surface area contributed by atoms with Crippen LogP contribution in [0.3, 0.4) is 0 Å². The molecule has 0 aromatic heterocycles. The monoisotopic (exact) mass is 360 g/mol. The molecule has 6 heteroatoms. The second-order valence-corrected chi connectivity index (χ2v) is 6.36. The third kappa shape index (κ3) is 4.25. The minimum absolute atomic E-state index is 0.0530. The van der Waals surface area contributed by atoms with Gasteiger partial charge >= 0.3 is 0 Å². The molecule has 1 aromatic carbocycles. The van der Waals surface area contributed by atoms with E-state index in [0.717, 1.165) is 16.9 Å². The van der Waals surface area contributed by atoms with E-state index in [2.05, 4.69) is 11.6 Å². The molecule has 1 aromatic rings. The highest BCUT2D eigenvalue weighted by atomic mass is 32.2. The van der Waals surface area contributed by atoms with Crippen molar-refractivity contribution in [3.63, 3.8) is 0 Å². The van der Waals surface area contributed by atoms with Crippen LogP contribution < -0.4 is 9.47 Å². The third-order valence-corrected chi connectivity index (χ3v) is 4.75. The molecule has 0 bridgehead atoms. The van der Waals surface area contributed by atoms with E-state index in [1.54, 1.807) is 19.0 Å². The largest absolute Gasteiger partial charge is 0.490 e. The minimum Gasteiger partial charge on any atom is -0.490 e. The lowest BCUT2D eigenvalue weighted by atomic mass is 10.0. The summed E-state index contributed by atoms with van der Waals surface area (Å²) in [6.07, 6.45) is 4.36. The van der Waals surface area contributed by atoms with Crippen LogP contribution in [-0.4, -0.2) is 43.3 Å². The highest BCUT2D eigenvalue weighted by molar-refractivity contribution is 8.18. The fourth-order valence-corrected chi connectivity index (χ4v) is 3.47. The smallest absolute Gasteiger partial charge is 0.266 e. The van der Waals surface area contributed by atoms with E-state index in [4.69, 9.17) is 9.47 Å². The van der Waals surface area contributed by atoms with Crippen molar-refractivity contribution in [2.75, 3.05) is 27.3 Å². The number of hydrogen-bond acceptors (Lipinski definition) is 5. The van der Waals surface area contributed by atoms with Crippen molar-refractivity contribution in [3.05, 3.63) is 40.8 Å². The number of carbonyl (C=O) groups excluding carboxylic acids is 1. The third-order valence-electron chi connectivity index (χ3n) is 3.60. The number of amidine groups is 1. The lowest BCUT2D eigenvalue weighted by molar-refractivity contribution is -0.121. The highest BCUT2D eigenvalue weighted by Crippen LogP contribution is 2.37. The van der Waals surface area contributed by atoms with E-state index < -0.39 is 0 Å². The van der Waals surface area contributed by atoms with Crippen LogP contribution in [0.25, 0.3) is 6.08 Å². The van der Waals surface area contributed by atoms with Gasteiger partial charge in [-0.3, -0.25) is 14.7 Å². The van der Waals surface area contributed by atoms with Crippen molar-refractivity contribution >= 4 is 28.9 Å². The van der Waals surface area contributed by atoms with Gasteiger partial charge in [0.15, 0.2) is 16.7 Å². The molecule has 0 N–H and O–H groups in total. The average molecular weight is 360 g/mol. The zero-order chi connectivity index (χ0) is 18.4. The number of allylic oxidation sites excluding steroid dienone is 1. The number of hydrogen-bond donors (Lipinski definition) is 0. The van der Waals surface area contributed by atoms with E-state index in [-0.39, 0.29) is 5.91 Å². The number of amides is 1. The fraction of sp³-hybridized carbons (Fsp3) is 0.368. The molecule has 0 spiro atoms. The number of aliphatic imine (C=N–C) groups is 1. The summed E-state index contributed by atoms with van der Waals surface area (Å²) in [6, 6.07) is 3.92. The van der Waals surface area contributed by atoms with Crippen LogP contribution in [-0.2, 0) is 11.2 Å². The quantitative estimate of drug-likeness (QED) is 0.549. The molecule has 1 heterocycles. The van der Waals surface area contributed by atoms with Gasteiger partial charge in [0.1, 0.15) is 0 Å². The first-order valence-corrected chi connectivity index (χ1v) is 9.05. The predicted octanol–water partition coefficient (Wildman–Crippen LogP) is 3.74. The van der Waals surface area contributed by atoms with Gasteiger partial charge in [0.2, 0.25) is 0 Å². The maximum atomic E-state index is 12.4. The van der Waals surface area contributed by atoms with Crippen molar-refractivity contribution in [3.8, 4) is 11.5 Å². The zero-order valence-electron chi connectivity index (χ0n) is 15.2. The Morgan fingerprint density at radius 3 is 2.56 bits per heavy atom. The molecule has 134 valence electrons. The Hall–Kier alpha value is -2.21. The van der Waals surface area contributed by atoms with Crippen molar-refractivity contribution < 1.29 is 14.3 Å². The number of nitrogens with zero attached hydrogens (tertiary/aromatic N) is 2. The Bertz CT molecular complexity index is 726. The summed E-state index contributed by atoms with van der Waals surface area (Å²) >= 11 is 1.37. The Morgan fingerprint density at radius 2 is 2.00 bits per heavy atom. The van der Waals surface area contributed by atoms with Gasteiger partial charge in [-0.05, 0) is 55.8 Å². The van der Waals surface area contributed by atoms with Crippen LogP contribution in [0.15, 0.2) is 34.7 Å². The fourth-order valence-electron chi connectivity index (χ4n) is 2.55. The molecule has 1 fully saturated rings. The predicted molar refractivity (Wildman–Crippen MR) is 104 cm³/mol. The molecule has 5 nitrogen and oxygen atoms in total. The molecule has 0 aliphatic carbocycles. The number of thioether (sulfide) groups is 1. The molecule has 25 heavy (non-hydrogen) atoms. The highest BCUT2D eigenvalue weighted by Gasteiger charge is 2.29. The molecular formula is C19H24N2O3S. The molecule has 0 atom stereocenters. The van der Waals surface area contributed by atoms with E-state index in [1.165, 1.54) is 11.8 Å². The summed E-state index contributed by atoms with van der Waals surface area (Å²) in [4.78, 5) is 18.7. The van der Waals surface area contributed by atoms with Crippen molar-refractivity contribution in [2.24, 2.45) is 4.99 Å². The number of carbonyl (C=O) groups is 1.